The number of quaternary nitrogens is 1. The van der Waals surface area contributed by atoms with E-state index in [4.69, 9.17) is 11.6 Å². The van der Waals surface area contributed by atoms with Crippen molar-refractivity contribution in [2.45, 2.75) is 19.0 Å². The highest BCUT2D eigenvalue weighted by Crippen LogP contribution is 2.22. The van der Waals surface area contributed by atoms with Gasteiger partial charge in [0.1, 0.15) is 6.04 Å². The summed E-state index contributed by atoms with van der Waals surface area (Å²) in [6, 6.07) is 21.4. The molecular formula is C20H20ClN2OS+. The molecule has 128 valence electrons. The number of halogens is 1. The maximum absolute atomic E-state index is 12.6. The monoisotopic (exact) mass is 371 g/mol. The van der Waals surface area contributed by atoms with Gasteiger partial charge in [0.25, 0.3) is 5.91 Å². The SMILES string of the molecule is C[C@H]([NH2+][C@H](c1ccccc1)c1cccs1)C(=O)Nc1ccc(Cl)cc1. The average Bonchev–Trinajstić information content (AvgIpc) is 3.16. The molecule has 1 aromatic heterocycles. The van der Waals surface area contributed by atoms with E-state index in [2.05, 4.69) is 34.2 Å². The highest BCUT2D eigenvalue weighted by Gasteiger charge is 2.25. The Balaban J connectivity index is 1.72. The maximum Gasteiger partial charge on any atom is 0.282 e. The van der Waals surface area contributed by atoms with Crippen LogP contribution in [0.2, 0.25) is 5.02 Å². The van der Waals surface area contributed by atoms with Crippen molar-refractivity contribution in [2.75, 3.05) is 5.32 Å². The lowest BCUT2D eigenvalue weighted by molar-refractivity contribution is -0.703. The number of rotatable bonds is 6. The Labute approximate surface area is 156 Å². The van der Waals surface area contributed by atoms with Gasteiger partial charge in [-0.2, -0.15) is 0 Å². The zero-order valence-electron chi connectivity index (χ0n) is 13.9. The van der Waals surface area contributed by atoms with E-state index in [1.54, 1.807) is 35.6 Å². The van der Waals surface area contributed by atoms with E-state index in [-0.39, 0.29) is 18.0 Å². The lowest BCUT2D eigenvalue weighted by atomic mass is 10.0. The third-order valence-electron chi connectivity index (χ3n) is 4.01. The minimum Gasteiger partial charge on any atom is -0.326 e. The van der Waals surface area contributed by atoms with Gasteiger partial charge in [-0.25, -0.2) is 0 Å². The van der Waals surface area contributed by atoms with Gasteiger partial charge < -0.3 is 10.6 Å². The number of carbonyl (C=O) groups is 1. The molecule has 0 radical (unpaired) electrons. The fourth-order valence-electron chi connectivity index (χ4n) is 2.66. The number of benzene rings is 2. The molecule has 0 bridgehead atoms. The van der Waals surface area contributed by atoms with Crippen LogP contribution >= 0.6 is 22.9 Å². The predicted octanol–water partition coefficient (Wildman–Crippen LogP) is 4.08. The molecule has 3 N–H and O–H groups in total. The minimum atomic E-state index is -0.233. The predicted molar refractivity (Wildman–Crippen MR) is 104 cm³/mol. The number of nitrogens with one attached hydrogen (secondary N) is 1. The second-order valence-corrected chi connectivity index (χ2v) is 7.30. The number of thiophene rings is 1. The molecule has 2 atom stereocenters. The summed E-state index contributed by atoms with van der Waals surface area (Å²) in [6.45, 7) is 1.93. The van der Waals surface area contributed by atoms with Crippen LogP contribution in [0.15, 0.2) is 72.1 Å². The first-order chi connectivity index (χ1) is 12.1. The molecule has 3 rings (SSSR count). The van der Waals surface area contributed by atoms with Gasteiger partial charge in [0, 0.05) is 16.3 Å². The number of hydrogen-bond acceptors (Lipinski definition) is 2. The first-order valence-corrected chi connectivity index (χ1v) is 9.39. The van der Waals surface area contributed by atoms with Crippen molar-refractivity contribution >= 4 is 34.5 Å². The zero-order chi connectivity index (χ0) is 17.6. The second kappa shape index (κ2) is 8.30. The molecule has 5 heteroatoms. The molecule has 0 aliphatic carbocycles. The maximum atomic E-state index is 12.6. The van der Waals surface area contributed by atoms with Crippen molar-refractivity contribution < 1.29 is 10.1 Å². The van der Waals surface area contributed by atoms with E-state index in [0.717, 1.165) is 5.69 Å². The largest absolute Gasteiger partial charge is 0.326 e. The number of nitrogens with two attached hydrogens (primary N) is 1. The Hall–Kier alpha value is -2.14. The molecule has 1 heterocycles. The molecule has 0 aliphatic rings. The average molecular weight is 372 g/mol. The Morgan fingerprint density at radius 3 is 2.40 bits per heavy atom. The summed E-state index contributed by atoms with van der Waals surface area (Å²) in [5.41, 5.74) is 1.94. The molecule has 0 saturated heterocycles. The molecule has 3 aromatic rings. The Morgan fingerprint density at radius 2 is 1.76 bits per heavy atom. The van der Waals surface area contributed by atoms with Gasteiger partial charge in [0.15, 0.2) is 6.04 Å². The summed E-state index contributed by atoms with van der Waals surface area (Å²) in [6.07, 6.45) is 0. The van der Waals surface area contributed by atoms with Gasteiger partial charge in [-0.1, -0.05) is 48.0 Å². The van der Waals surface area contributed by atoms with Gasteiger partial charge in [-0.3, -0.25) is 4.79 Å². The molecule has 0 spiro atoms. The fraction of sp³-hybridized carbons (Fsp3) is 0.150. The molecule has 0 saturated carbocycles. The Bertz CT molecular complexity index is 803. The van der Waals surface area contributed by atoms with Crippen LogP contribution in [0.3, 0.4) is 0 Å². The first kappa shape index (κ1) is 17.7. The molecule has 2 aromatic carbocycles. The van der Waals surface area contributed by atoms with E-state index in [9.17, 15) is 4.79 Å². The van der Waals surface area contributed by atoms with Gasteiger partial charge in [-0.15, -0.1) is 11.3 Å². The van der Waals surface area contributed by atoms with Crippen LogP contribution in [0.1, 0.15) is 23.4 Å². The summed E-state index contributed by atoms with van der Waals surface area (Å²) in [5.74, 6) is -0.0280. The number of amides is 1. The molecule has 3 nitrogen and oxygen atoms in total. The van der Waals surface area contributed by atoms with E-state index in [1.807, 2.05) is 31.2 Å². The highest BCUT2D eigenvalue weighted by atomic mass is 35.5. The Kier molecular flexibility index (Phi) is 5.87. The van der Waals surface area contributed by atoms with Crippen LogP contribution in [0.5, 0.6) is 0 Å². The summed E-state index contributed by atoms with van der Waals surface area (Å²) in [7, 11) is 0. The second-order valence-electron chi connectivity index (χ2n) is 5.88. The van der Waals surface area contributed by atoms with Gasteiger partial charge in [-0.05, 0) is 42.6 Å². The van der Waals surface area contributed by atoms with Crippen molar-refractivity contribution in [1.29, 1.82) is 0 Å². The normalized spacial score (nSPS) is 13.2. The summed E-state index contributed by atoms with van der Waals surface area (Å²) in [4.78, 5) is 13.8. The number of hydrogen-bond donors (Lipinski definition) is 2. The third-order valence-corrected chi connectivity index (χ3v) is 5.22. The van der Waals surface area contributed by atoms with Crippen molar-refractivity contribution in [2.24, 2.45) is 0 Å². The lowest BCUT2D eigenvalue weighted by Gasteiger charge is -2.19. The van der Waals surface area contributed by atoms with Crippen LogP contribution in [0.25, 0.3) is 0 Å². The van der Waals surface area contributed by atoms with Gasteiger partial charge in [0.2, 0.25) is 0 Å². The minimum absolute atomic E-state index is 0.0280. The van der Waals surface area contributed by atoms with Gasteiger partial charge in [0.05, 0.1) is 4.88 Å². The number of carbonyl (C=O) groups excluding carboxylic acids is 1. The first-order valence-electron chi connectivity index (χ1n) is 8.13. The lowest BCUT2D eigenvalue weighted by Crippen LogP contribution is -2.92. The zero-order valence-corrected chi connectivity index (χ0v) is 15.4. The fourth-order valence-corrected chi connectivity index (χ4v) is 3.62. The van der Waals surface area contributed by atoms with Crippen molar-refractivity contribution in [1.82, 2.24) is 0 Å². The Morgan fingerprint density at radius 1 is 1.04 bits per heavy atom. The summed E-state index contributed by atoms with van der Waals surface area (Å²) < 4.78 is 0. The molecule has 25 heavy (non-hydrogen) atoms. The molecule has 1 amide bonds. The van der Waals surface area contributed by atoms with Crippen molar-refractivity contribution in [3.63, 3.8) is 0 Å². The van der Waals surface area contributed by atoms with Crippen molar-refractivity contribution in [3.05, 3.63) is 87.6 Å². The van der Waals surface area contributed by atoms with Crippen LogP contribution in [-0.2, 0) is 4.79 Å². The summed E-state index contributed by atoms with van der Waals surface area (Å²) >= 11 is 7.59. The van der Waals surface area contributed by atoms with Crippen LogP contribution in [-0.4, -0.2) is 11.9 Å². The van der Waals surface area contributed by atoms with Crippen molar-refractivity contribution in [3.8, 4) is 0 Å². The smallest absolute Gasteiger partial charge is 0.282 e. The summed E-state index contributed by atoms with van der Waals surface area (Å²) in [5, 5.41) is 7.77. The van der Waals surface area contributed by atoms with E-state index < -0.39 is 0 Å². The van der Waals surface area contributed by atoms with E-state index >= 15 is 0 Å². The third kappa shape index (κ3) is 4.69. The van der Waals surface area contributed by atoms with Crippen LogP contribution in [0, 0.1) is 0 Å². The van der Waals surface area contributed by atoms with Crippen LogP contribution < -0.4 is 10.6 Å². The molecule has 0 unspecified atom stereocenters. The standard InChI is InChI=1S/C20H19ClN2OS/c1-14(20(24)23-17-11-9-16(21)10-12-17)22-19(18-8-5-13-25-18)15-6-3-2-4-7-15/h2-14,19,22H,1H3,(H,23,24)/p+1/t14-,19+/m0/s1. The van der Waals surface area contributed by atoms with Crippen LogP contribution in [0.4, 0.5) is 5.69 Å². The molecule has 0 aliphatic heterocycles. The van der Waals surface area contributed by atoms with Gasteiger partial charge >= 0.3 is 0 Å². The topological polar surface area (TPSA) is 45.7 Å². The quantitative estimate of drug-likeness (QED) is 0.673. The number of anilines is 1. The molecular weight excluding hydrogens is 352 g/mol. The van der Waals surface area contributed by atoms with E-state index in [1.165, 1.54) is 10.4 Å². The molecule has 0 fully saturated rings. The highest BCUT2D eigenvalue weighted by molar-refractivity contribution is 7.10. The van der Waals surface area contributed by atoms with E-state index in [0.29, 0.717) is 5.02 Å².